The van der Waals surface area contributed by atoms with Gasteiger partial charge in [0.1, 0.15) is 5.82 Å². The SMILES string of the molecule is CC(NCC(c1ccccc1)c1c[nH]c2ccccc12)C(=O)Nc1ccc(Cl)cn1. The fourth-order valence-electron chi connectivity index (χ4n) is 3.55. The average molecular weight is 419 g/mol. The van der Waals surface area contributed by atoms with Crippen LogP contribution in [-0.2, 0) is 4.79 Å². The largest absolute Gasteiger partial charge is 0.361 e. The number of hydrogen-bond donors (Lipinski definition) is 3. The standard InChI is InChI=1S/C24H23ClN4O/c1-16(24(30)29-23-12-11-18(25)13-28-23)26-14-20(17-7-3-2-4-8-17)21-15-27-22-10-6-5-9-19(21)22/h2-13,15-16,20,26-27H,14H2,1H3,(H,28,29,30). The maximum Gasteiger partial charge on any atom is 0.242 e. The van der Waals surface area contributed by atoms with Gasteiger partial charge in [-0.3, -0.25) is 4.79 Å². The molecule has 4 aromatic rings. The molecular formula is C24H23ClN4O. The number of rotatable bonds is 7. The number of benzene rings is 2. The van der Waals surface area contributed by atoms with Crippen LogP contribution in [0.5, 0.6) is 0 Å². The quantitative estimate of drug-likeness (QED) is 0.397. The smallest absolute Gasteiger partial charge is 0.242 e. The highest BCUT2D eigenvalue weighted by atomic mass is 35.5. The van der Waals surface area contributed by atoms with Crippen molar-refractivity contribution in [3.8, 4) is 0 Å². The summed E-state index contributed by atoms with van der Waals surface area (Å²) >= 11 is 5.85. The van der Waals surface area contributed by atoms with Crippen LogP contribution in [0.4, 0.5) is 5.82 Å². The van der Waals surface area contributed by atoms with E-state index in [1.54, 1.807) is 12.1 Å². The van der Waals surface area contributed by atoms with Crippen LogP contribution in [-0.4, -0.2) is 28.5 Å². The number of aromatic amines is 1. The molecule has 2 unspecified atom stereocenters. The molecule has 0 aliphatic heterocycles. The zero-order chi connectivity index (χ0) is 20.9. The minimum atomic E-state index is -0.390. The molecule has 0 aliphatic carbocycles. The maximum absolute atomic E-state index is 12.6. The normalized spacial score (nSPS) is 13.1. The Kier molecular flexibility index (Phi) is 6.12. The van der Waals surface area contributed by atoms with Crippen LogP contribution >= 0.6 is 11.6 Å². The number of anilines is 1. The lowest BCUT2D eigenvalue weighted by atomic mass is 9.90. The molecule has 6 heteroatoms. The van der Waals surface area contributed by atoms with Crippen LogP contribution in [0.25, 0.3) is 10.9 Å². The van der Waals surface area contributed by atoms with Crippen molar-refractivity contribution >= 4 is 34.2 Å². The van der Waals surface area contributed by atoms with E-state index in [1.807, 2.05) is 37.3 Å². The number of para-hydroxylation sites is 1. The van der Waals surface area contributed by atoms with Crippen molar-refractivity contribution in [2.45, 2.75) is 18.9 Å². The third-order valence-corrected chi connectivity index (χ3v) is 5.42. The first-order valence-electron chi connectivity index (χ1n) is 9.88. The summed E-state index contributed by atoms with van der Waals surface area (Å²) in [6.07, 6.45) is 3.57. The van der Waals surface area contributed by atoms with E-state index < -0.39 is 0 Å². The lowest BCUT2D eigenvalue weighted by Gasteiger charge is -2.21. The number of carbonyl (C=O) groups excluding carboxylic acids is 1. The second kappa shape index (κ2) is 9.11. The Morgan fingerprint density at radius 1 is 1.07 bits per heavy atom. The van der Waals surface area contributed by atoms with Gasteiger partial charge in [0.2, 0.25) is 5.91 Å². The highest BCUT2D eigenvalue weighted by molar-refractivity contribution is 6.30. The van der Waals surface area contributed by atoms with Crippen LogP contribution in [0.15, 0.2) is 79.1 Å². The van der Waals surface area contributed by atoms with Gasteiger partial charge in [0, 0.05) is 35.8 Å². The van der Waals surface area contributed by atoms with Crippen molar-refractivity contribution in [3.05, 3.63) is 95.3 Å². The Morgan fingerprint density at radius 2 is 1.83 bits per heavy atom. The van der Waals surface area contributed by atoms with E-state index in [0.717, 1.165) is 5.52 Å². The van der Waals surface area contributed by atoms with Gasteiger partial charge in [-0.1, -0.05) is 60.1 Å². The molecule has 0 aliphatic rings. The Hall–Kier alpha value is -3.15. The molecule has 1 amide bonds. The molecule has 152 valence electrons. The molecule has 3 N–H and O–H groups in total. The number of nitrogens with zero attached hydrogens (tertiary/aromatic N) is 1. The van der Waals surface area contributed by atoms with E-state index in [4.69, 9.17) is 11.6 Å². The molecule has 0 bridgehead atoms. The van der Waals surface area contributed by atoms with Crippen LogP contribution < -0.4 is 10.6 Å². The number of hydrogen-bond acceptors (Lipinski definition) is 3. The number of nitrogens with one attached hydrogen (secondary N) is 3. The third kappa shape index (κ3) is 4.53. The van der Waals surface area contributed by atoms with Crippen molar-refractivity contribution in [1.82, 2.24) is 15.3 Å². The van der Waals surface area contributed by atoms with Crippen LogP contribution in [0.3, 0.4) is 0 Å². The first-order chi connectivity index (χ1) is 14.6. The topological polar surface area (TPSA) is 69.8 Å². The second-order valence-corrected chi connectivity index (χ2v) is 7.67. The summed E-state index contributed by atoms with van der Waals surface area (Å²) in [5.41, 5.74) is 3.51. The van der Waals surface area contributed by atoms with E-state index >= 15 is 0 Å². The Bertz CT molecular complexity index is 1120. The van der Waals surface area contributed by atoms with Gasteiger partial charge in [0.15, 0.2) is 0 Å². The van der Waals surface area contributed by atoms with E-state index in [1.165, 1.54) is 22.7 Å². The van der Waals surface area contributed by atoms with E-state index in [-0.39, 0.29) is 17.9 Å². The fourth-order valence-corrected chi connectivity index (χ4v) is 3.66. The van der Waals surface area contributed by atoms with E-state index in [2.05, 4.69) is 51.1 Å². The molecule has 5 nitrogen and oxygen atoms in total. The maximum atomic E-state index is 12.6. The van der Waals surface area contributed by atoms with Crippen molar-refractivity contribution in [1.29, 1.82) is 0 Å². The molecule has 2 atom stereocenters. The van der Waals surface area contributed by atoms with Gasteiger partial charge in [-0.2, -0.15) is 0 Å². The highest BCUT2D eigenvalue weighted by Gasteiger charge is 2.21. The Morgan fingerprint density at radius 3 is 2.60 bits per heavy atom. The second-order valence-electron chi connectivity index (χ2n) is 7.23. The summed E-state index contributed by atoms with van der Waals surface area (Å²) in [6.45, 7) is 2.47. The molecule has 0 fully saturated rings. The molecule has 0 radical (unpaired) electrons. The summed E-state index contributed by atoms with van der Waals surface area (Å²) in [6, 6.07) is 21.6. The predicted octanol–water partition coefficient (Wildman–Crippen LogP) is 4.97. The minimum absolute atomic E-state index is 0.103. The zero-order valence-electron chi connectivity index (χ0n) is 16.6. The van der Waals surface area contributed by atoms with Crippen LogP contribution in [0.2, 0.25) is 5.02 Å². The van der Waals surface area contributed by atoms with E-state index in [0.29, 0.717) is 17.4 Å². The van der Waals surface area contributed by atoms with Gasteiger partial charge < -0.3 is 15.6 Å². The van der Waals surface area contributed by atoms with Gasteiger partial charge in [-0.25, -0.2) is 4.98 Å². The number of pyridine rings is 1. The highest BCUT2D eigenvalue weighted by Crippen LogP contribution is 2.30. The zero-order valence-corrected chi connectivity index (χ0v) is 17.4. The van der Waals surface area contributed by atoms with Gasteiger partial charge in [-0.15, -0.1) is 0 Å². The fraction of sp³-hybridized carbons (Fsp3) is 0.167. The number of fused-ring (bicyclic) bond motifs is 1. The van der Waals surface area contributed by atoms with Crippen molar-refractivity contribution in [2.75, 3.05) is 11.9 Å². The molecule has 2 heterocycles. The molecule has 30 heavy (non-hydrogen) atoms. The number of amides is 1. The summed E-state index contributed by atoms with van der Waals surface area (Å²) in [7, 11) is 0. The van der Waals surface area contributed by atoms with Crippen molar-refractivity contribution < 1.29 is 4.79 Å². The number of carbonyl (C=O) groups is 1. The van der Waals surface area contributed by atoms with Gasteiger partial charge in [-0.05, 0) is 36.2 Å². The first kappa shape index (κ1) is 20.1. The molecule has 2 aromatic heterocycles. The first-order valence-corrected chi connectivity index (χ1v) is 10.3. The lowest BCUT2D eigenvalue weighted by molar-refractivity contribution is -0.117. The molecule has 0 saturated heterocycles. The molecule has 2 aromatic carbocycles. The molecule has 4 rings (SSSR count). The van der Waals surface area contributed by atoms with Crippen molar-refractivity contribution in [3.63, 3.8) is 0 Å². The monoisotopic (exact) mass is 418 g/mol. The van der Waals surface area contributed by atoms with Crippen LogP contribution in [0, 0.1) is 0 Å². The number of aromatic nitrogens is 2. The van der Waals surface area contributed by atoms with Crippen LogP contribution in [0.1, 0.15) is 24.0 Å². The average Bonchev–Trinajstić information content (AvgIpc) is 3.20. The summed E-state index contributed by atoms with van der Waals surface area (Å²) in [5.74, 6) is 0.441. The third-order valence-electron chi connectivity index (χ3n) is 5.20. The molecule has 0 saturated carbocycles. The van der Waals surface area contributed by atoms with Gasteiger partial charge in [0.25, 0.3) is 0 Å². The number of halogens is 1. The van der Waals surface area contributed by atoms with E-state index in [9.17, 15) is 4.79 Å². The summed E-state index contributed by atoms with van der Waals surface area (Å²) in [5, 5.41) is 7.93. The predicted molar refractivity (Wildman–Crippen MR) is 122 cm³/mol. The van der Waals surface area contributed by atoms with Crippen molar-refractivity contribution in [2.24, 2.45) is 0 Å². The van der Waals surface area contributed by atoms with Gasteiger partial charge in [0.05, 0.1) is 11.1 Å². The minimum Gasteiger partial charge on any atom is -0.361 e. The number of H-pyrrole nitrogens is 1. The Labute approximate surface area is 180 Å². The molecular weight excluding hydrogens is 396 g/mol. The lowest BCUT2D eigenvalue weighted by Crippen LogP contribution is -2.40. The van der Waals surface area contributed by atoms with Gasteiger partial charge >= 0.3 is 0 Å². The summed E-state index contributed by atoms with van der Waals surface area (Å²) < 4.78 is 0. The summed E-state index contributed by atoms with van der Waals surface area (Å²) in [4.78, 5) is 20.1. The molecule has 0 spiro atoms. The Balaban J connectivity index is 1.51.